The maximum Gasteiger partial charge on any atom is 0.245 e. The van der Waals surface area contributed by atoms with Crippen molar-refractivity contribution in [1.82, 2.24) is 20.5 Å². The monoisotopic (exact) mass is 282 g/mol. The van der Waals surface area contributed by atoms with Gasteiger partial charge in [-0.25, -0.2) is 0 Å². The van der Waals surface area contributed by atoms with Crippen molar-refractivity contribution in [3.63, 3.8) is 0 Å². The third-order valence-corrected chi connectivity index (χ3v) is 3.95. The summed E-state index contributed by atoms with van der Waals surface area (Å²) in [5.74, 6) is 1.49. The lowest BCUT2D eigenvalue weighted by Gasteiger charge is -2.30. The molecule has 2 aromatic rings. The van der Waals surface area contributed by atoms with Crippen molar-refractivity contribution in [1.29, 1.82) is 5.26 Å². The fourth-order valence-electron chi connectivity index (χ4n) is 2.59. The Hall–Kier alpha value is -2.39. The molecule has 6 nitrogen and oxygen atoms in total. The van der Waals surface area contributed by atoms with Crippen LogP contribution in [0.1, 0.15) is 18.4 Å². The molecule has 2 N–H and O–H groups in total. The van der Waals surface area contributed by atoms with Gasteiger partial charge in [0.25, 0.3) is 0 Å². The lowest BCUT2D eigenvalue weighted by Crippen LogP contribution is -2.41. The fourth-order valence-corrected chi connectivity index (χ4v) is 2.59. The van der Waals surface area contributed by atoms with Crippen LogP contribution in [0.3, 0.4) is 0 Å². The number of aromatic nitrogens is 3. The summed E-state index contributed by atoms with van der Waals surface area (Å²) < 4.78 is 0. The molecule has 0 bridgehead atoms. The number of piperidine rings is 1. The number of benzene rings is 1. The molecule has 2 heterocycles. The Labute approximate surface area is 123 Å². The van der Waals surface area contributed by atoms with E-state index < -0.39 is 0 Å². The largest absolute Gasteiger partial charge is 0.339 e. The summed E-state index contributed by atoms with van der Waals surface area (Å²) >= 11 is 0. The number of nitrogens with one attached hydrogen (secondary N) is 2. The van der Waals surface area contributed by atoms with Crippen LogP contribution in [0.2, 0.25) is 0 Å². The normalized spacial score (nSPS) is 15.9. The molecule has 21 heavy (non-hydrogen) atoms. The van der Waals surface area contributed by atoms with Gasteiger partial charge in [-0.15, -0.1) is 5.10 Å². The van der Waals surface area contributed by atoms with Gasteiger partial charge in [0.05, 0.1) is 11.6 Å². The van der Waals surface area contributed by atoms with Crippen LogP contribution in [0.15, 0.2) is 24.3 Å². The molecular formula is C15H18N6. The van der Waals surface area contributed by atoms with E-state index in [-0.39, 0.29) is 0 Å². The Bertz CT molecular complexity index is 631. The van der Waals surface area contributed by atoms with E-state index in [0.717, 1.165) is 43.3 Å². The Morgan fingerprint density at radius 3 is 2.62 bits per heavy atom. The number of aromatic amines is 1. The maximum absolute atomic E-state index is 8.82. The van der Waals surface area contributed by atoms with E-state index in [1.807, 2.05) is 19.2 Å². The van der Waals surface area contributed by atoms with E-state index in [2.05, 4.69) is 31.5 Å². The number of H-pyrrole nitrogens is 1. The van der Waals surface area contributed by atoms with E-state index in [1.165, 1.54) is 0 Å². The molecule has 0 unspecified atom stereocenters. The molecule has 0 atom stereocenters. The third-order valence-electron chi connectivity index (χ3n) is 3.95. The Balaban J connectivity index is 1.73. The van der Waals surface area contributed by atoms with Gasteiger partial charge in [-0.3, -0.25) is 5.10 Å². The molecule has 1 saturated heterocycles. The van der Waals surface area contributed by atoms with Gasteiger partial charge in [-0.2, -0.15) is 10.2 Å². The number of hydrogen-bond donors (Lipinski definition) is 2. The highest BCUT2D eigenvalue weighted by atomic mass is 15.4. The second-order valence-electron chi connectivity index (χ2n) is 5.22. The van der Waals surface area contributed by atoms with Crippen LogP contribution in [0.4, 0.5) is 5.95 Å². The number of nitriles is 1. The summed E-state index contributed by atoms with van der Waals surface area (Å²) in [4.78, 5) is 6.77. The highest BCUT2D eigenvalue weighted by Gasteiger charge is 2.20. The molecule has 1 aliphatic rings. The number of nitrogens with zero attached hydrogens (tertiary/aromatic N) is 4. The van der Waals surface area contributed by atoms with E-state index >= 15 is 0 Å². The summed E-state index contributed by atoms with van der Waals surface area (Å²) in [6, 6.07) is 10.1. The minimum Gasteiger partial charge on any atom is -0.339 e. The molecule has 108 valence electrons. The van der Waals surface area contributed by atoms with Crippen LogP contribution < -0.4 is 10.2 Å². The van der Waals surface area contributed by atoms with Gasteiger partial charge in [0.2, 0.25) is 5.95 Å². The van der Waals surface area contributed by atoms with Crippen LogP contribution in [-0.2, 0) is 0 Å². The second kappa shape index (κ2) is 5.94. The average Bonchev–Trinajstić information content (AvgIpc) is 3.05. The molecule has 0 radical (unpaired) electrons. The minimum atomic E-state index is 0.596. The molecule has 0 aliphatic carbocycles. The zero-order valence-electron chi connectivity index (χ0n) is 12.0. The molecule has 1 aromatic carbocycles. The second-order valence-corrected chi connectivity index (χ2v) is 5.22. The van der Waals surface area contributed by atoms with Crippen LogP contribution in [0, 0.1) is 11.3 Å². The van der Waals surface area contributed by atoms with Crippen molar-refractivity contribution < 1.29 is 0 Å². The smallest absolute Gasteiger partial charge is 0.245 e. The summed E-state index contributed by atoms with van der Waals surface area (Å²) in [7, 11) is 2.01. The van der Waals surface area contributed by atoms with Crippen molar-refractivity contribution in [2.45, 2.75) is 18.9 Å². The molecule has 1 aliphatic heterocycles. The molecule has 6 heteroatoms. The van der Waals surface area contributed by atoms with Gasteiger partial charge < -0.3 is 10.2 Å². The lowest BCUT2D eigenvalue weighted by atomic mass is 10.1. The van der Waals surface area contributed by atoms with Gasteiger partial charge in [-0.1, -0.05) is 0 Å². The van der Waals surface area contributed by atoms with Crippen LogP contribution in [0.5, 0.6) is 0 Å². The zero-order chi connectivity index (χ0) is 14.7. The lowest BCUT2D eigenvalue weighted by molar-refractivity contribution is 0.439. The Morgan fingerprint density at radius 1 is 1.29 bits per heavy atom. The predicted octanol–water partition coefficient (Wildman–Crippen LogP) is 1.53. The fraction of sp³-hybridized carbons (Fsp3) is 0.400. The topological polar surface area (TPSA) is 80.6 Å². The first-order valence-corrected chi connectivity index (χ1v) is 7.15. The van der Waals surface area contributed by atoms with Gasteiger partial charge >= 0.3 is 0 Å². The summed E-state index contributed by atoms with van der Waals surface area (Å²) in [6.45, 7) is 1.94. The Kier molecular flexibility index (Phi) is 3.84. The summed E-state index contributed by atoms with van der Waals surface area (Å²) in [6.07, 6.45) is 2.22. The summed E-state index contributed by atoms with van der Waals surface area (Å²) in [5, 5.41) is 19.4. The molecule has 0 saturated carbocycles. The average molecular weight is 282 g/mol. The quantitative estimate of drug-likeness (QED) is 0.892. The van der Waals surface area contributed by atoms with Gasteiger partial charge in [0.1, 0.15) is 0 Å². The Morgan fingerprint density at radius 2 is 2.00 bits per heavy atom. The van der Waals surface area contributed by atoms with Gasteiger partial charge in [0, 0.05) is 24.7 Å². The predicted molar refractivity (Wildman–Crippen MR) is 80.8 cm³/mol. The molecule has 0 spiro atoms. The van der Waals surface area contributed by atoms with Crippen molar-refractivity contribution in [2.75, 3.05) is 25.0 Å². The van der Waals surface area contributed by atoms with Crippen molar-refractivity contribution in [2.24, 2.45) is 0 Å². The number of rotatable bonds is 3. The van der Waals surface area contributed by atoms with Crippen molar-refractivity contribution in [3.8, 4) is 17.5 Å². The third kappa shape index (κ3) is 2.88. The van der Waals surface area contributed by atoms with Crippen molar-refractivity contribution >= 4 is 5.95 Å². The molecular weight excluding hydrogens is 264 g/mol. The van der Waals surface area contributed by atoms with E-state index in [9.17, 15) is 0 Å². The zero-order valence-corrected chi connectivity index (χ0v) is 12.0. The highest BCUT2D eigenvalue weighted by molar-refractivity contribution is 5.57. The highest BCUT2D eigenvalue weighted by Crippen LogP contribution is 2.20. The first-order valence-electron chi connectivity index (χ1n) is 7.15. The number of hydrogen-bond acceptors (Lipinski definition) is 5. The van der Waals surface area contributed by atoms with E-state index in [0.29, 0.717) is 11.6 Å². The molecule has 1 aromatic heterocycles. The van der Waals surface area contributed by atoms with Crippen molar-refractivity contribution in [3.05, 3.63) is 29.8 Å². The standard InChI is InChI=1S/C15H18N6/c1-17-13-6-8-21(9-7-13)15-18-14(19-20-15)12-4-2-11(10-16)3-5-12/h2-5,13,17H,6-9H2,1H3,(H,18,19,20). The molecule has 1 fully saturated rings. The molecule has 0 amide bonds. The van der Waals surface area contributed by atoms with Gasteiger partial charge in [0.15, 0.2) is 5.82 Å². The SMILES string of the molecule is CNC1CCN(c2n[nH]c(-c3ccc(C#N)cc3)n2)CC1. The maximum atomic E-state index is 8.82. The minimum absolute atomic E-state index is 0.596. The number of anilines is 1. The summed E-state index contributed by atoms with van der Waals surface area (Å²) in [5.41, 5.74) is 1.59. The van der Waals surface area contributed by atoms with Gasteiger partial charge in [-0.05, 0) is 44.2 Å². The molecule has 3 rings (SSSR count). The van der Waals surface area contributed by atoms with Crippen LogP contribution in [-0.4, -0.2) is 41.4 Å². The first kappa shape index (κ1) is 13.6. The van der Waals surface area contributed by atoms with E-state index in [4.69, 9.17) is 5.26 Å². The van der Waals surface area contributed by atoms with Crippen LogP contribution >= 0.6 is 0 Å². The first-order chi connectivity index (χ1) is 10.3. The van der Waals surface area contributed by atoms with E-state index in [1.54, 1.807) is 12.1 Å². The van der Waals surface area contributed by atoms with Crippen LogP contribution in [0.25, 0.3) is 11.4 Å².